The van der Waals surface area contributed by atoms with Gasteiger partial charge in [-0.25, -0.2) is 4.39 Å². The van der Waals surface area contributed by atoms with Crippen LogP contribution in [0.15, 0.2) is 18.2 Å². The van der Waals surface area contributed by atoms with E-state index in [1.54, 1.807) is 14.2 Å². The highest BCUT2D eigenvalue weighted by atomic mass is 19.1. The van der Waals surface area contributed by atoms with Crippen molar-refractivity contribution in [1.82, 2.24) is 10.6 Å². The zero-order chi connectivity index (χ0) is 15.0. The summed E-state index contributed by atoms with van der Waals surface area (Å²) in [6, 6.07) is 4.17. The van der Waals surface area contributed by atoms with Crippen LogP contribution in [0.1, 0.15) is 18.5 Å². The molecule has 0 spiro atoms. The average Bonchev–Trinajstić information content (AvgIpc) is 2.45. The van der Waals surface area contributed by atoms with Crippen LogP contribution in [0.2, 0.25) is 0 Å². The molecule has 0 saturated heterocycles. The Morgan fingerprint density at radius 3 is 2.85 bits per heavy atom. The molecule has 0 bridgehead atoms. The van der Waals surface area contributed by atoms with E-state index in [1.165, 1.54) is 18.2 Å². The molecule has 2 N–H and O–H groups in total. The van der Waals surface area contributed by atoms with E-state index >= 15 is 0 Å². The molecule has 1 aromatic carbocycles. The predicted molar refractivity (Wildman–Crippen MR) is 74.3 cm³/mol. The van der Waals surface area contributed by atoms with Crippen molar-refractivity contribution < 1.29 is 18.7 Å². The molecule has 1 aromatic rings. The molecule has 0 radical (unpaired) electrons. The fourth-order valence-electron chi connectivity index (χ4n) is 1.63. The molecule has 5 nitrogen and oxygen atoms in total. The van der Waals surface area contributed by atoms with Crippen LogP contribution in [0.3, 0.4) is 0 Å². The van der Waals surface area contributed by atoms with E-state index in [1.807, 2.05) is 6.92 Å². The molecule has 0 heterocycles. The fraction of sp³-hybridized carbons (Fsp3) is 0.500. The Bertz CT molecular complexity index is 440. The molecular weight excluding hydrogens is 263 g/mol. The van der Waals surface area contributed by atoms with Crippen molar-refractivity contribution >= 4 is 5.91 Å². The second kappa shape index (κ2) is 8.50. The summed E-state index contributed by atoms with van der Waals surface area (Å²) < 4.78 is 23.5. The van der Waals surface area contributed by atoms with Crippen LogP contribution in [0.25, 0.3) is 0 Å². The summed E-state index contributed by atoms with van der Waals surface area (Å²) in [6.07, 6.45) is 0. The lowest BCUT2D eigenvalue weighted by atomic mass is 10.1. The number of benzene rings is 1. The van der Waals surface area contributed by atoms with Crippen molar-refractivity contribution in [2.75, 3.05) is 33.9 Å². The van der Waals surface area contributed by atoms with E-state index in [9.17, 15) is 9.18 Å². The van der Waals surface area contributed by atoms with Gasteiger partial charge in [-0.3, -0.25) is 4.79 Å². The first kappa shape index (κ1) is 16.4. The number of hydrogen-bond acceptors (Lipinski definition) is 4. The SMILES string of the molecule is CNC(C)c1cc(F)ccc1OCC(=O)NCCOC. The molecule has 112 valence electrons. The summed E-state index contributed by atoms with van der Waals surface area (Å²) in [5, 5.41) is 5.66. The first-order valence-electron chi connectivity index (χ1n) is 6.43. The number of carbonyl (C=O) groups is 1. The molecule has 0 aliphatic heterocycles. The third-order valence-electron chi connectivity index (χ3n) is 2.86. The van der Waals surface area contributed by atoms with Crippen LogP contribution in [-0.2, 0) is 9.53 Å². The number of ether oxygens (including phenoxy) is 2. The Kier molecular flexibility index (Phi) is 6.97. The number of hydrogen-bond donors (Lipinski definition) is 2. The molecule has 0 aliphatic carbocycles. The summed E-state index contributed by atoms with van der Waals surface area (Å²) in [5.74, 6) is -0.0800. The highest BCUT2D eigenvalue weighted by molar-refractivity contribution is 5.77. The monoisotopic (exact) mass is 284 g/mol. The lowest BCUT2D eigenvalue weighted by Gasteiger charge is -2.16. The van der Waals surface area contributed by atoms with Crippen molar-refractivity contribution in [3.8, 4) is 5.75 Å². The van der Waals surface area contributed by atoms with Gasteiger partial charge in [0.25, 0.3) is 5.91 Å². The smallest absolute Gasteiger partial charge is 0.258 e. The average molecular weight is 284 g/mol. The van der Waals surface area contributed by atoms with Crippen molar-refractivity contribution in [2.45, 2.75) is 13.0 Å². The highest BCUT2D eigenvalue weighted by Gasteiger charge is 2.12. The lowest BCUT2D eigenvalue weighted by molar-refractivity contribution is -0.123. The maximum absolute atomic E-state index is 13.3. The minimum absolute atomic E-state index is 0.0720. The van der Waals surface area contributed by atoms with E-state index < -0.39 is 0 Å². The number of nitrogens with one attached hydrogen (secondary N) is 2. The molecule has 1 atom stereocenters. The number of rotatable bonds is 8. The van der Waals surface area contributed by atoms with Gasteiger partial charge < -0.3 is 20.1 Å². The fourth-order valence-corrected chi connectivity index (χ4v) is 1.63. The minimum Gasteiger partial charge on any atom is -0.483 e. The van der Waals surface area contributed by atoms with Crippen LogP contribution in [0.4, 0.5) is 4.39 Å². The number of halogens is 1. The Labute approximate surface area is 118 Å². The molecule has 1 rings (SSSR count). The van der Waals surface area contributed by atoms with E-state index in [2.05, 4.69) is 10.6 Å². The van der Waals surface area contributed by atoms with Gasteiger partial charge >= 0.3 is 0 Å². The molecule has 0 fully saturated rings. The second-order valence-corrected chi connectivity index (χ2v) is 4.32. The lowest BCUT2D eigenvalue weighted by Crippen LogP contribution is -2.31. The Balaban J connectivity index is 2.61. The normalized spacial score (nSPS) is 12.0. The van der Waals surface area contributed by atoms with Gasteiger partial charge in [-0.05, 0) is 32.2 Å². The molecule has 6 heteroatoms. The van der Waals surface area contributed by atoms with Crippen molar-refractivity contribution in [3.63, 3.8) is 0 Å². The van der Waals surface area contributed by atoms with E-state index in [0.717, 1.165) is 0 Å². The van der Waals surface area contributed by atoms with Crippen LogP contribution < -0.4 is 15.4 Å². The standard InChI is InChI=1S/C14H21FN2O3/c1-10(16-2)12-8-11(15)4-5-13(12)20-9-14(18)17-6-7-19-3/h4-5,8,10,16H,6-7,9H2,1-3H3,(H,17,18). The maximum atomic E-state index is 13.3. The second-order valence-electron chi connectivity index (χ2n) is 4.32. The van der Waals surface area contributed by atoms with E-state index in [-0.39, 0.29) is 24.4 Å². The van der Waals surface area contributed by atoms with Crippen molar-refractivity contribution in [3.05, 3.63) is 29.6 Å². The van der Waals surface area contributed by atoms with Gasteiger partial charge in [-0.15, -0.1) is 0 Å². The molecule has 0 aromatic heterocycles. The van der Waals surface area contributed by atoms with Crippen LogP contribution in [0, 0.1) is 5.82 Å². The molecular formula is C14H21FN2O3. The van der Waals surface area contributed by atoms with Crippen molar-refractivity contribution in [2.24, 2.45) is 0 Å². The van der Waals surface area contributed by atoms with Crippen LogP contribution >= 0.6 is 0 Å². The summed E-state index contributed by atoms with van der Waals surface area (Å²) in [4.78, 5) is 11.5. The van der Waals surface area contributed by atoms with Crippen LogP contribution in [-0.4, -0.2) is 39.8 Å². The number of amides is 1. The van der Waals surface area contributed by atoms with Gasteiger partial charge in [0.1, 0.15) is 11.6 Å². The third-order valence-corrected chi connectivity index (χ3v) is 2.86. The van der Waals surface area contributed by atoms with Crippen molar-refractivity contribution in [1.29, 1.82) is 0 Å². The van der Waals surface area contributed by atoms with E-state index in [0.29, 0.717) is 24.5 Å². The quantitative estimate of drug-likeness (QED) is 0.705. The largest absolute Gasteiger partial charge is 0.483 e. The maximum Gasteiger partial charge on any atom is 0.258 e. The summed E-state index contributed by atoms with van der Waals surface area (Å²) in [5.41, 5.74) is 0.678. The van der Waals surface area contributed by atoms with Gasteiger partial charge in [0.05, 0.1) is 6.61 Å². The Morgan fingerprint density at radius 1 is 1.45 bits per heavy atom. The van der Waals surface area contributed by atoms with E-state index in [4.69, 9.17) is 9.47 Å². The molecule has 0 saturated carbocycles. The van der Waals surface area contributed by atoms with Gasteiger partial charge in [0.2, 0.25) is 0 Å². The molecule has 1 amide bonds. The van der Waals surface area contributed by atoms with Gasteiger partial charge in [0.15, 0.2) is 6.61 Å². The third kappa shape index (κ3) is 5.14. The zero-order valence-electron chi connectivity index (χ0n) is 12.0. The summed E-state index contributed by atoms with van der Waals surface area (Å²) >= 11 is 0. The zero-order valence-corrected chi connectivity index (χ0v) is 12.0. The first-order chi connectivity index (χ1) is 9.58. The van der Waals surface area contributed by atoms with Crippen LogP contribution in [0.5, 0.6) is 5.75 Å². The van der Waals surface area contributed by atoms with Gasteiger partial charge in [0, 0.05) is 25.3 Å². The topological polar surface area (TPSA) is 59.6 Å². The highest BCUT2D eigenvalue weighted by Crippen LogP contribution is 2.25. The number of carbonyl (C=O) groups excluding carboxylic acids is 1. The summed E-state index contributed by atoms with van der Waals surface area (Å²) in [6.45, 7) is 2.66. The minimum atomic E-state index is -0.334. The molecule has 1 unspecified atom stereocenters. The summed E-state index contributed by atoms with van der Waals surface area (Å²) in [7, 11) is 3.34. The van der Waals surface area contributed by atoms with Gasteiger partial charge in [-0.2, -0.15) is 0 Å². The molecule has 20 heavy (non-hydrogen) atoms. The Morgan fingerprint density at radius 2 is 2.20 bits per heavy atom. The predicted octanol–water partition coefficient (Wildman–Crippen LogP) is 1.25. The number of methoxy groups -OCH3 is 1. The Hall–Kier alpha value is -1.66. The molecule has 0 aliphatic rings. The first-order valence-corrected chi connectivity index (χ1v) is 6.43. The van der Waals surface area contributed by atoms with Gasteiger partial charge in [-0.1, -0.05) is 0 Å².